The van der Waals surface area contributed by atoms with Crippen molar-refractivity contribution in [2.24, 2.45) is 5.73 Å². The molecule has 4 nitrogen and oxygen atoms in total. The predicted octanol–water partition coefficient (Wildman–Crippen LogP) is 3.03. The molecule has 1 aromatic carbocycles. The predicted molar refractivity (Wildman–Crippen MR) is 82.0 cm³/mol. The normalized spacial score (nSPS) is 10.3. The van der Waals surface area contributed by atoms with Crippen LogP contribution in [-0.2, 0) is 11.2 Å². The van der Waals surface area contributed by atoms with Crippen LogP contribution in [0, 0.1) is 0 Å². The van der Waals surface area contributed by atoms with Crippen molar-refractivity contribution in [3.8, 4) is 0 Å². The van der Waals surface area contributed by atoms with Gasteiger partial charge in [-0.3, -0.25) is 0 Å². The lowest BCUT2D eigenvalue weighted by molar-refractivity contribution is 0.0519. The van der Waals surface area contributed by atoms with Crippen molar-refractivity contribution in [1.29, 1.82) is 0 Å². The van der Waals surface area contributed by atoms with Gasteiger partial charge in [0.2, 0.25) is 0 Å². The van der Waals surface area contributed by atoms with Gasteiger partial charge in [-0.05, 0) is 37.6 Å². The molecule has 6 heteroatoms. The van der Waals surface area contributed by atoms with Gasteiger partial charge in [-0.1, -0.05) is 22.0 Å². The maximum Gasteiger partial charge on any atom is 0.355 e. The van der Waals surface area contributed by atoms with E-state index in [0.29, 0.717) is 25.3 Å². The molecule has 0 unspecified atom stereocenters. The molecule has 0 atom stereocenters. The molecule has 0 saturated heterocycles. The van der Waals surface area contributed by atoms with Crippen LogP contribution in [0.15, 0.2) is 22.7 Å². The summed E-state index contributed by atoms with van der Waals surface area (Å²) in [5, 5.41) is 1.02. The molecule has 0 aliphatic carbocycles. The third-order valence-corrected chi connectivity index (χ3v) is 3.24. The lowest BCUT2D eigenvalue weighted by Gasteiger charge is -2.02. The Hall–Kier alpha value is -1.04. The fraction of sp³-hybridized carbons (Fsp3) is 0.308. The molecule has 0 saturated carbocycles. The van der Waals surface area contributed by atoms with Gasteiger partial charge in [0.25, 0.3) is 0 Å². The number of aromatic nitrogens is 1. The van der Waals surface area contributed by atoms with E-state index in [4.69, 9.17) is 10.5 Å². The van der Waals surface area contributed by atoms with Crippen molar-refractivity contribution < 1.29 is 9.53 Å². The van der Waals surface area contributed by atoms with Gasteiger partial charge in [0, 0.05) is 15.4 Å². The highest BCUT2D eigenvalue weighted by Gasteiger charge is 2.18. The minimum absolute atomic E-state index is 0. The number of fused-ring (bicyclic) bond motifs is 1. The second kappa shape index (κ2) is 6.93. The highest BCUT2D eigenvalue weighted by Crippen LogP contribution is 2.26. The molecule has 0 radical (unpaired) electrons. The molecule has 1 heterocycles. The number of aromatic amines is 1. The number of carbonyl (C=O) groups excluding carboxylic acids is 1. The summed E-state index contributed by atoms with van der Waals surface area (Å²) >= 11 is 3.41. The topological polar surface area (TPSA) is 68.1 Å². The van der Waals surface area contributed by atoms with Crippen LogP contribution in [0.4, 0.5) is 0 Å². The van der Waals surface area contributed by atoms with E-state index in [2.05, 4.69) is 20.9 Å². The van der Waals surface area contributed by atoms with Gasteiger partial charge in [0.15, 0.2) is 0 Å². The first kappa shape index (κ1) is 16.0. The van der Waals surface area contributed by atoms with E-state index in [0.717, 1.165) is 20.9 Å². The number of halogens is 2. The molecular weight excluding hydrogens is 332 g/mol. The summed E-state index contributed by atoms with van der Waals surface area (Å²) < 4.78 is 6.02. The highest BCUT2D eigenvalue weighted by atomic mass is 79.9. The summed E-state index contributed by atoms with van der Waals surface area (Å²) in [6.45, 7) is 2.65. The van der Waals surface area contributed by atoms with Crippen LogP contribution in [0.2, 0.25) is 0 Å². The van der Waals surface area contributed by atoms with Crippen LogP contribution < -0.4 is 5.73 Å². The summed E-state index contributed by atoms with van der Waals surface area (Å²) in [7, 11) is 0. The summed E-state index contributed by atoms with van der Waals surface area (Å²) in [6.07, 6.45) is 0.649. The molecule has 2 rings (SSSR count). The zero-order valence-electron chi connectivity index (χ0n) is 10.5. The molecule has 0 bridgehead atoms. The fourth-order valence-corrected chi connectivity index (χ4v) is 2.37. The Kier molecular flexibility index (Phi) is 5.85. The first-order valence-electron chi connectivity index (χ1n) is 5.84. The average molecular weight is 348 g/mol. The van der Waals surface area contributed by atoms with Crippen molar-refractivity contribution in [1.82, 2.24) is 4.98 Å². The number of carbonyl (C=O) groups is 1. The molecule has 0 spiro atoms. The number of H-pyrrole nitrogens is 1. The maximum absolute atomic E-state index is 11.9. The molecule has 3 N–H and O–H groups in total. The van der Waals surface area contributed by atoms with Gasteiger partial charge in [-0.25, -0.2) is 4.79 Å². The lowest BCUT2D eigenvalue weighted by Crippen LogP contribution is -2.10. The Bertz CT molecular complexity index is 583. The zero-order valence-corrected chi connectivity index (χ0v) is 12.9. The van der Waals surface area contributed by atoms with Crippen LogP contribution in [0.25, 0.3) is 10.9 Å². The minimum atomic E-state index is -0.326. The summed E-state index contributed by atoms with van der Waals surface area (Å²) in [4.78, 5) is 15.0. The quantitative estimate of drug-likeness (QED) is 0.835. The van der Waals surface area contributed by atoms with E-state index < -0.39 is 0 Å². The third-order valence-electron chi connectivity index (χ3n) is 2.74. The fourth-order valence-electron chi connectivity index (χ4n) is 2.01. The smallest absolute Gasteiger partial charge is 0.355 e. The van der Waals surface area contributed by atoms with Gasteiger partial charge in [0.05, 0.1) is 6.61 Å². The molecule has 0 aliphatic rings. The number of hydrogen-bond acceptors (Lipinski definition) is 3. The van der Waals surface area contributed by atoms with Crippen LogP contribution >= 0.6 is 28.3 Å². The van der Waals surface area contributed by atoms with E-state index in [1.165, 1.54) is 0 Å². The van der Waals surface area contributed by atoms with E-state index >= 15 is 0 Å². The summed E-state index contributed by atoms with van der Waals surface area (Å²) in [5.41, 5.74) is 7.96. The Morgan fingerprint density at radius 2 is 2.21 bits per heavy atom. The molecule has 104 valence electrons. The second-order valence-corrected chi connectivity index (χ2v) is 4.84. The average Bonchev–Trinajstić information content (AvgIpc) is 2.68. The number of nitrogens with one attached hydrogen (secondary N) is 1. The minimum Gasteiger partial charge on any atom is -0.461 e. The molecule has 19 heavy (non-hydrogen) atoms. The third kappa shape index (κ3) is 3.29. The largest absolute Gasteiger partial charge is 0.461 e. The van der Waals surface area contributed by atoms with Crippen LogP contribution in [0.1, 0.15) is 23.0 Å². The van der Waals surface area contributed by atoms with Crippen LogP contribution in [0.3, 0.4) is 0 Å². The first-order valence-corrected chi connectivity index (χ1v) is 6.64. The maximum atomic E-state index is 11.9. The molecule has 0 aliphatic heterocycles. The van der Waals surface area contributed by atoms with Gasteiger partial charge in [0.1, 0.15) is 5.69 Å². The number of benzene rings is 1. The number of rotatable bonds is 4. The number of ether oxygens (including phenoxy) is 1. The zero-order chi connectivity index (χ0) is 13.1. The van der Waals surface area contributed by atoms with E-state index in [1.54, 1.807) is 6.92 Å². The van der Waals surface area contributed by atoms with Crippen LogP contribution in [-0.4, -0.2) is 24.1 Å². The molecule has 0 amide bonds. The summed E-state index contributed by atoms with van der Waals surface area (Å²) in [6, 6.07) is 5.87. The van der Waals surface area contributed by atoms with Crippen molar-refractivity contribution in [2.75, 3.05) is 13.2 Å². The Morgan fingerprint density at radius 3 is 2.84 bits per heavy atom. The van der Waals surface area contributed by atoms with Crippen molar-refractivity contribution in [2.45, 2.75) is 13.3 Å². The first-order chi connectivity index (χ1) is 8.67. The van der Waals surface area contributed by atoms with E-state index in [-0.39, 0.29) is 18.4 Å². The standard InChI is InChI=1S/C13H15BrN2O2.ClH/c1-2-18-13(17)12-10(5-6-15)9-4-3-8(14)7-11(9)16-12;/h3-4,7,16H,2,5-6,15H2,1H3;1H. The van der Waals surface area contributed by atoms with Gasteiger partial charge in [-0.2, -0.15) is 0 Å². The molecular formula is C13H16BrClN2O2. The van der Waals surface area contributed by atoms with E-state index in [1.807, 2.05) is 18.2 Å². The highest BCUT2D eigenvalue weighted by molar-refractivity contribution is 9.10. The number of esters is 1. The van der Waals surface area contributed by atoms with Crippen molar-refractivity contribution >= 4 is 45.2 Å². The summed E-state index contributed by atoms with van der Waals surface area (Å²) in [5.74, 6) is -0.326. The van der Waals surface area contributed by atoms with Crippen molar-refractivity contribution in [3.63, 3.8) is 0 Å². The van der Waals surface area contributed by atoms with Gasteiger partial charge < -0.3 is 15.5 Å². The van der Waals surface area contributed by atoms with Gasteiger partial charge in [-0.15, -0.1) is 12.4 Å². The SMILES string of the molecule is CCOC(=O)c1[nH]c2cc(Br)ccc2c1CCN.Cl. The molecule has 0 fully saturated rings. The number of hydrogen-bond donors (Lipinski definition) is 2. The molecule has 1 aromatic heterocycles. The van der Waals surface area contributed by atoms with Crippen molar-refractivity contribution in [3.05, 3.63) is 33.9 Å². The Balaban J connectivity index is 0.00000180. The number of nitrogens with two attached hydrogens (primary N) is 1. The lowest BCUT2D eigenvalue weighted by atomic mass is 10.1. The van der Waals surface area contributed by atoms with E-state index in [9.17, 15) is 4.79 Å². The second-order valence-electron chi connectivity index (χ2n) is 3.93. The Labute approximate surface area is 126 Å². The molecule has 2 aromatic rings. The monoisotopic (exact) mass is 346 g/mol. The van der Waals surface area contributed by atoms with Crippen LogP contribution in [0.5, 0.6) is 0 Å². The Morgan fingerprint density at radius 1 is 1.47 bits per heavy atom. The van der Waals surface area contributed by atoms with Gasteiger partial charge >= 0.3 is 5.97 Å².